The molecule has 1 aliphatic heterocycles. The SMILES string of the molecule is CCn1c(N2CCC[C@@H](N)C2)nc2c1c(=O)n(Cc1nc3ccccc3c3ccccc13)c(=O)n2C. The van der Waals surface area contributed by atoms with Gasteiger partial charge in [0.1, 0.15) is 0 Å². The predicted octanol–water partition coefficient (Wildman–Crippen LogP) is 2.59. The van der Waals surface area contributed by atoms with Crippen LogP contribution < -0.4 is 21.9 Å². The number of piperidine rings is 1. The number of anilines is 1. The van der Waals surface area contributed by atoms with Gasteiger partial charge in [0, 0.05) is 43.5 Å². The Hall–Kier alpha value is -3.98. The Balaban J connectivity index is 1.56. The Morgan fingerprint density at radius 3 is 2.44 bits per heavy atom. The molecule has 0 radical (unpaired) electrons. The van der Waals surface area contributed by atoms with Crippen molar-refractivity contribution in [2.45, 2.75) is 38.9 Å². The molecule has 0 spiro atoms. The van der Waals surface area contributed by atoms with Crippen LogP contribution in [-0.4, -0.2) is 42.8 Å². The highest BCUT2D eigenvalue weighted by Crippen LogP contribution is 2.27. The van der Waals surface area contributed by atoms with Gasteiger partial charge in [-0.25, -0.2) is 4.79 Å². The molecule has 1 fully saturated rings. The lowest BCUT2D eigenvalue weighted by Gasteiger charge is -2.31. The van der Waals surface area contributed by atoms with Gasteiger partial charge in [0.2, 0.25) is 5.95 Å². The highest BCUT2D eigenvalue weighted by atomic mass is 16.2. The first-order chi connectivity index (χ1) is 17.5. The first kappa shape index (κ1) is 22.5. The third kappa shape index (κ3) is 3.42. The van der Waals surface area contributed by atoms with Gasteiger partial charge in [-0.05, 0) is 31.2 Å². The summed E-state index contributed by atoms with van der Waals surface area (Å²) >= 11 is 0. The molecule has 36 heavy (non-hydrogen) atoms. The molecule has 6 rings (SSSR count). The fraction of sp³-hybridized carbons (Fsp3) is 0.333. The van der Waals surface area contributed by atoms with E-state index in [-0.39, 0.29) is 18.1 Å². The molecule has 0 aliphatic carbocycles. The molecule has 0 bridgehead atoms. The summed E-state index contributed by atoms with van der Waals surface area (Å²) in [5.41, 5.74) is 7.81. The van der Waals surface area contributed by atoms with Gasteiger partial charge in [-0.1, -0.05) is 42.5 Å². The van der Waals surface area contributed by atoms with Crippen LogP contribution in [0.4, 0.5) is 5.95 Å². The number of nitrogens with two attached hydrogens (primary N) is 1. The van der Waals surface area contributed by atoms with E-state index in [0.29, 0.717) is 35.9 Å². The van der Waals surface area contributed by atoms with Gasteiger partial charge in [-0.2, -0.15) is 4.98 Å². The summed E-state index contributed by atoms with van der Waals surface area (Å²) in [5.74, 6) is 0.696. The van der Waals surface area contributed by atoms with Gasteiger partial charge >= 0.3 is 5.69 Å². The van der Waals surface area contributed by atoms with Crippen molar-refractivity contribution in [1.82, 2.24) is 23.7 Å². The van der Waals surface area contributed by atoms with E-state index in [4.69, 9.17) is 15.7 Å². The Bertz CT molecular complexity index is 1750. The molecule has 9 nitrogen and oxygen atoms in total. The largest absolute Gasteiger partial charge is 0.341 e. The smallest absolute Gasteiger partial charge is 0.332 e. The minimum atomic E-state index is -0.408. The number of hydrogen-bond donors (Lipinski definition) is 1. The average molecular weight is 484 g/mol. The van der Waals surface area contributed by atoms with Crippen molar-refractivity contribution in [3.63, 3.8) is 0 Å². The van der Waals surface area contributed by atoms with Gasteiger partial charge in [-0.3, -0.25) is 18.9 Å². The second kappa shape index (κ2) is 8.60. The molecule has 0 amide bonds. The van der Waals surface area contributed by atoms with E-state index >= 15 is 0 Å². The lowest BCUT2D eigenvalue weighted by atomic mass is 10.0. The maximum Gasteiger partial charge on any atom is 0.332 e. The maximum absolute atomic E-state index is 13.9. The van der Waals surface area contributed by atoms with Crippen molar-refractivity contribution in [2.24, 2.45) is 12.8 Å². The van der Waals surface area contributed by atoms with Crippen LogP contribution in [0.1, 0.15) is 25.5 Å². The predicted molar refractivity (Wildman–Crippen MR) is 143 cm³/mol. The highest BCUT2D eigenvalue weighted by molar-refractivity contribution is 6.06. The van der Waals surface area contributed by atoms with Crippen LogP contribution in [0.25, 0.3) is 32.8 Å². The summed E-state index contributed by atoms with van der Waals surface area (Å²) in [5, 5.41) is 3.02. The molecule has 5 aromatic rings. The lowest BCUT2D eigenvalue weighted by molar-refractivity contribution is 0.494. The Kier molecular flexibility index (Phi) is 5.37. The molecule has 9 heteroatoms. The van der Waals surface area contributed by atoms with Crippen molar-refractivity contribution < 1.29 is 0 Å². The zero-order valence-corrected chi connectivity index (χ0v) is 20.5. The molecule has 184 valence electrons. The summed E-state index contributed by atoms with van der Waals surface area (Å²) in [6.07, 6.45) is 1.94. The summed E-state index contributed by atoms with van der Waals surface area (Å²) in [7, 11) is 1.67. The summed E-state index contributed by atoms with van der Waals surface area (Å²) in [4.78, 5) is 39.1. The number of imidazole rings is 1. The van der Waals surface area contributed by atoms with Crippen LogP contribution in [0, 0.1) is 0 Å². The first-order valence-corrected chi connectivity index (χ1v) is 12.4. The molecular formula is C27H29N7O2. The number of fused-ring (bicyclic) bond motifs is 4. The van der Waals surface area contributed by atoms with Crippen LogP contribution in [0.2, 0.25) is 0 Å². The van der Waals surface area contributed by atoms with Crippen LogP contribution >= 0.6 is 0 Å². The van der Waals surface area contributed by atoms with Crippen LogP contribution in [0.15, 0.2) is 58.1 Å². The third-order valence-electron chi connectivity index (χ3n) is 7.26. The number of pyridine rings is 1. The van der Waals surface area contributed by atoms with E-state index in [1.807, 2.05) is 54.0 Å². The third-order valence-corrected chi connectivity index (χ3v) is 7.26. The second-order valence-electron chi connectivity index (χ2n) is 9.53. The first-order valence-electron chi connectivity index (χ1n) is 12.4. The molecule has 0 saturated carbocycles. The number of para-hydroxylation sites is 1. The molecule has 1 aliphatic rings. The molecule has 1 saturated heterocycles. The number of aromatic nitrogens is 5. The lowest BCUT2D eigenvalue weighted by Crippen LogP contribution is -2.44. The van der Waals surface area contributed by atoms with Crippen molar-refractivity contribution in [3.05, 3.63) is 75.1 Å². The van der Waals surface area contributed by atoms with Crippen LogP contribution in [0.5, 0.6) is 0 Å². The minimum absolute atomic E-state index is 0.0663. The van der Waals surface area contributed by atoms with Gasteiger partial charge in [0.05, 0.1) is 17.8 Å². The topological polar surface area (TPSA) is 104 Å². The molecule has 2 N–H and O–H groups in total. The zero-order valence-electron chi connectivity index (χ0n) is 20.5. The summed E-state index contributed by atoms with van der Waals surface area (Å²) in [6.45, 7) is 4.13. The van der Waals surface area contributed by atoms with E-state index in [1.54, 1.807) is 7.05 Å². The van der Waals surface area contributed by atoms with Crippen molar-refractivity contribution in [1.29, 1.82) is 0 Å². The number of nitrogens with zero attached hydrogens (tertiary/aromatic N) is 6. The molecule has 3 aromatic heterocycles. The Labute approximate surface area is 207 Å². The molecular weight excluding hydrogens is 454 g/mol. The summed E-state index contributed by atoms with van der Waals surface area (Å²) in [6, 6.07) is 16.0. The van der Waals surface area contributed by atoms with E-state index < -0.39 is 5.69 Å². The van der Waals surface area contributed by atoms with E-state index in [9.17, 15) is 9.59 Å². The fourth-order valence-electron chi connectivity index (χ4n) is 5.48. The Morgan fingerprint density at radius 1 is 0.972 bits per heavy atom. The Morgan fingerprint density at radius 2 is 1.69 bits per heavy atom. The number of aryl methyl sites for hydroxylation is 2. The normalized spacial score (nSPS) is 16.4. The monoisotopic (exact) mass is 483 g/mol. The highest BCUT2D eigenvalue weighted by Gasteiger charge is 2.26. The molecule has 4 heterocycles. The van der Waals surface area contributed by atoms with E-state index in [2.05, 4.69) is 11.0 Å². The number of rotatable bonds is 4. The van der Waals surface area contributed by atoms with Crippen molar-refractivity contribution in [2.75, 3.05) is 18.0 Å². The second-order valence-corrected chi connectivity index (χ2v) is 9.53. The minimum Gasteiger partial charge on any atom is -0.341 e. The quantitative estimate of drug-likeness (QED) is 0.394. The number of hydrogen-bond acceptors (Lipinski definition) is 6. The zero-order chi connectivity index (χ0) is 25.0. The summed E-state index contributed by atoms with van der Waals surface area (Å²) < 4.78 is 4.67. The van der Waals surface area contributed by atoms with Crippen LogP contribution in [0.3, 0.4) is 0 Å². The van der Waals surface area contributed by atoms with Gasteiger partial charge in [-0.15, -0.1) is 0 Å². The standard InChI is InChI=1S/C27H29N7O2/c1-3-33-23-24(30-26(33)32-14-8-9-17(28)15-32)31(2)27(36)34(25(23)35)16-22-20-12-5-4-10-18(20)19-11-6-7-13-21(19)29-22/h4-7,10-13,17H,3,8-9,14-16,28H2,1-2H3/t17-/m1/s1. The van der Waals surface area contributed by atoms with Crippen LogP contribution in [-0.2, 0) is 20.1 Å². The average Bonchev–Trinajstić information content (AvgIpc) is 3.30. The fourth-order valence-corrected chi connectivity index (χ4v) is 5.48. The maximum atomic E-state index is 13.9. The number of benzene rings is 2. The van der Waals surface area contributed by atoms with Gasteiger partial charge in [0.15, 0.2) is 11.2 Å². The van der Waals surface area contributed by atoms with Gasteiger partial charge < -0.3 is 15.2 Å². The molecule has 0 unspecified atom stereocenters. The van der Waals surface area contributed by atoms with E-state index in [0.717, 1.165) is 41.1 Å². The van der Waals surface area contributed by atoms with Crippen molar-refractivity contribution in [3.8, 4) is 0 Å². The van der Waals surface area contributed by atoms with Gasteiger partial charge in [0.25, 0.3) is 5.56 Å². The molecule has 2 aromatic carbocycles. The molecule has 1 atom stereocenters. The van der Waals surface area contributed by atoms with E-state index in [1.165, 1.54) is 9.13 Å². The van der Waals surface area contributed by atoms with Crippen molar-refractivity contribution >= 4 is 38.8 Å².